The zero-order valence-corrected chi connectivity index (χ0v) is 12.9. The van der Waals surface area contributed by atoms with Crippen molar-refractivity contribution in [3.8, 4) is 5.88 Å². The van der Waals surface area contributed by atoms with Crippen LogP contribution >= 0.6 is 0 Å². The Morgan fingerprint density at radius 2 is 2.00 bits per heavy atom. The van der Waals surface area contributed by atoms with Crippen molar-refractivity contribution in [2.45, 2.75) is 44.7 Å². The fourth-order valence-electron chi connectivity index (χ4n) is 2.52. The number of ether oxygens (including phenoxy) is 1. The number of fused-ring (bicyclic) bond motifs is 1. The summed E-state index contributed by atoms with van der Waals surface area (Å²) in [4.78, 5) is 8.21. The maximum absolute atomic E-state index is 13.4. The zero-order chi connectivity index (χ0) is 15.9. The third kappa shape index (κ3) is 4.11. The average molecular weight is 306 g/mol. The van der Waals surface area contributed by atoms with Crippen LogP contribution in [0.2, 0.25) is 0 Å². The Kier molecular flexibility index (Phi) is 6.03. The quantitative estimate of drug-likeness (QED) is 0.890. The SMILES string of the molecule is COc1cnc2ccc(F)c(CN)c2n1.NC1CCCCC1. The molecule has 120 valence electrons. The van der Waals surface area contributed by atoms with Gasteiger partial charge in [-0.05, 0) is 25.0 Å². The van der Waals surface area contributed by atoms with Crippen LogP contribution in [0.3, 0.4) is 0 Å². The molecule has 1 aliphatic carbocycles. The van der Waals surface area contributed by atoms with E-state index in [1.54, 1.807) is 6.07 Å². The first-order valence-electron chi connectivity index (χ1n) is 7.59. The van der Waals surface area contributed by atoms with Crippen molar-refractivity contribution in [1.82, 2.24) is 9.97 Å². The second-order valence-electron chi connectivity index (χ2n) is 5.41. The predicted molar refractivity (Wildman–Crippen MR) is 85.0 cm³/mol. The molecule has 0 saturated heterocycles. The monoisotopic (exact) mass is 306 g/mol. The Labute approximate surface area is 129 Å². The van der Waals surface area contributed by atoms with E-state index in [1.165, 1.54) is 51.5 Å². The van der Waals surface area contributed by atoms with Crippen LogP contribution in [0, 0.1) is 5.82 Å². The maximum atomic E-state index is 13.4. The van der Waals surface area contributed by atoms with Crippen LogP contribution in [0.4, 0.5) is 4.39 Å². The van der Waals surface area contributed by atoms with E-state index in [0.29, 0.717) is 28.5 Å². The first-order chi connectivity index (χ1) is 10.7. The van der Waals surface area contributed by atoms with E-state index in [4.69, 9.17) is 16.2 Å². The molecule has 1 aromatic heterocycles. The molecular formula is C16H23FN4O. The van der Waals surface area contributed by atoms with Gasteiger partial charge in [-0.3, -0.25) is 0 Å². The highest BCUT2D eigenvalue weighted by molar-refractivity contribution is 5.78. The van der Waals surface area contributed by atoms with Crippen molar-refractivity contribution in [3.05, 3.63) is 29.7 Å². The number of halogens is 1. The van der Waals surface area contributed by atoms with Crippen LogP contribution in [0.1, 0.15) is 37.7 Å². The molecule has 4 N–H and O–H groups in total. The molecule has 1 aliphatic rings. The third-order valence-electron chi connectivity index (χ3n) is 3.80. The van der Waals surface area contributed by atoms with Crippen LogP contribution in [0.5, 0.6) is 5.88 Å². The molecule has 0 bridgehead atoms. The molecule has 1 fully saturated rings. The number of methoxy groups -OCH3 is 1. The van der Waals surface area contributed by atoms with Crippen LogP contribution in [-0.4, -0.2) is 23.1 Å². The highest BCUT2D eigenvalue weighted by Gasteiger charge is 2.09. The van der Waals surface area contributed by atoms with Crippen LogP contribution < -0.4 is 16.2 Å². The molecule has 1 heterocycles. The smallest absolute Gasteiger partial charge is 0.232 e. The second kappa shape index (κ2) is 8.00. The van der Waals surface area contributed by atoms with Gasteiger partial charge >= 0.3 is 0 Å². The van der Waals surface area contributed by atoms with Crippen molar-refractivity contribution in [1.29, 1.82) is 0 Å². The zero-order valence-electron chi connectivity index (χ0n) is 12.9. The highest BCUT2D eigenvalue weighted by Crippen LogP contribution is 2.20. The lowest BCUT2D eigenvalue weighted by atomic mass is 9.97. The van der Waals surface area contributed by atoms with E-state index >= 15 is 0 Å². The van der Waals surface area contributed by atoms with E-state index in [9.17, 15) is 4.39 Å². The molecule has 2 aromatic rings. The molecule has 0 unspecified atom stereocenters. The summed E-state index contributed by atoms with van der Waals surface area (Å²) in [6.45, 7) is 0.0883. The minimum atomic E-state index is -0.368. The van der Waals surface area contributed by atoms with Gasteiger partial charge in [-0.25, -0.2) is 14.4 Å². The fraction of sp³-hybridized carbons (Fsp3) is 0.500. The summed E-state index contributed by atoms with van der Waals surface area (Å²) in [6, 6.07) is 3.44. The molecule has 0 aliphatic heterocycles. The van der Waals surface area contributed by atoms with Crippen molar-refractivity contribution in [2.75, 3.05) is 7.11 Å². The molecule has 5 nitrogen and oxygen atoms in total. The van der Waals surface area contributed by atoms with Gasteiger partial charge in [-0.15, -0.1) is 0 Å². The third-order valence-corrected chi connectivity index (χ3v) is 3.80. The number of nitrogens with zero attached hydrogens (tertiary/aromatic N) is 2. The Balaban J connectivity index is 0.000000211. The van der Waals surface area contributed by atoms with Crippen molar-refractivity contribution in [3.63, 3.8) is 0 Å². The summed E-state index contributed by atoms with van der Waals surface area (Å²) in [6.07, 6.45) is 8.15. The summed E-state index contributed by atoms with van der Waals surface area (Å²) < 4.78 is 18.3. The lowest BCUT2D eigenvalue weighted by molar-refractivity contribution is 0.397. The topological polar surface area (TPSA) is 87.0 Å². The van der Waals surface area contributed by atoms with Gasteiger partial charge in [0.25, 0.3) is 0 Å². The number of nitrogens with two attached hydrogens (primary N) is 2. The lowest BCUT2D eigenvalue weighted by Crippen LogP contribution is -2.22. The van der Waals surface area contributed by atoms with Gasteiger partial charge in [0.2, 0.25) is 5.88 Å². The van der Waals surface area contributed by atoms with E-state index in [-0.39, 0.29) is 12.4 Å². The summed E-state index contributed by atoms with van der Waals surface area (Å²) in [5.41, 5.74) is 12.5. The molecule has 6 heteroatoms. The van der Waals surface area contributed by atoms with Gasteiger partial charge in [0.15, 0.2) is 0 Å². The minimum Gasteiger partial charge on any atom is -0.480 e. The summed E-state index contributed by atoms with van der Waals surface area (Å²) in [5.74, 6) is -0.0182. The number of hydrogen-bond donors (Lipinski definition) is 2. The standard InChI is InChI=1S/C10H10FN3O.C6H13N/c1-15-9-5-13-8-3-2-7(11)6(4-12)10(8)14-9;7-6-4-2-1-3-5-6/h2-3,5H,4,12H2,1H3;6H,1-5,7H2. The molecule has 1 aromatic carbocycles. The van der Waals surface area contributed by atoms with Gasteiger partial charge in [0.05, 0.1) is 18.8 Å². The number of benzene rings is 1. The predicted octanol–water partition coefficient (Wildman–Crippen LogP) is 2.51. The van der Waals surface area contributed by atoms with Crippen LogP contribution in [0.25, 0.3) is 11.0 Å². The molecule has 0 atom stereocenters. The average Bonchev–Trinajstić information content (AvgIpc) is 2.55. The fourth-order valence-corrected chi connectivity index (χ4v) is 2.52. The first-order valence-corrected chi connectivity index (χ1v) is 7.59. The number of aromatic nitrogens is 2. The molecular weight excluding hydrogens is 283 g/mol. The Bertz CT molecular complexity index is 614. The largest absolute Gasteiger partial charge is 0.480 e. The maximum Gasteiger partial charge on any atom is 0.232 e. The molecule has 0 spiro atoms. The van der Waals surface area contributed by atoms with Crippen LogP contribution in [0.15, 0.2) is 18.3 Å². The van der Waals surface area contributed by atoms with E-state index in [1.807, 2.05) is 0 Å². The first kappa shape index (κ1) is 16.6. The van der Waals surface area contributed by atoms with Crippen molar-refractivity contribution >= 4 is 11.0 Å². The molecule has 22 heavy (non-hydrogen) atoms. The molecule has 0 radical (unpaired) electrons. The van der Waals surface area contributed by atoms with Gasteiger partial charge in [-0.2, -0.15) is 0 Å². The normalized spacial score (nSPS) is 15.3. The van der Waals surface area contributed by atoms with Crippen molar-refractivity contribution in [2.24, 2.45) is 11.5 Å². The molecule has 0 amide bonds. The Hall–Kier alpha value is -1.79. The van der Waals surface area contributed by atoms with Gasteiger partial charge < -0.3 is 16.2 Å². The summed E-state index contributed by atoms with van der Waals surface area (Å²) in [7, 11) is 1.48. The molecule has 3 rings (SSSR count). The lowest BCUT2D eigenvalue weighted by Gasteiger charge is -2.15. The van der Waals surface area contributed by atoms with E-state index in [0.717, 1.165) is 0 Å². The van der Waals surface area contributed by atoms with E-state index < -0.39 is 0 Å². The van der Waals surface area contributed by atoms with Crippen LogP contribution in [-0.2, 0) is 6.54 Å². The van der Waals surface area contributed by atoms with Gasteiger partial charge in [0.1, 0.15) is 11.3 Å². The summed E-state index contributed by atoms with van der Waals surface area (Å²) >= 11 is 0. The molecule has 1 saturated carbocycles. The van der Waals surface area contributed by atoms with Gasteiger partial charge in [-0.1, -0.05) is 19.3 Å². The highest BCUT2D eigenvalue weighted by atomic mass is 19.1. The number of hydrogen-bond acceptors (Lipinski definition) is 5. The van der Waals surface area contributed by atoms with Gasteiger partial charge in [0, 0.05) is 18.2 Å². The Morgan fingerprint density at radius 3 is 2.55 bits per heavy atom. The number of rotatable bonds is 2. The Morgan fingerprint density at radius 1 is 1.27 bits per heavy atom. The minimum absolute atomic E-state index is 0.0883. The second-order valence-corrected chi connectivity index (χ2v) is 5.41. The van der Waals surface area contributed by atoms with Crippen molar-refractivity contribution < 1.29 is 9.13 Å². The summed E-state index contributed by atoms with van der Waals surface area (Å²) in [5, 5.41) is 0. The van der Waals surface area contributed by atoms with E-state index in [2.05, 4.69) is 9.97 Å².